The van der Waals surface area contributed by atoms with Crippen molar-refractivity contribution >= 4 is 0 Å². The predicted molar refractivity (Wildman–Crippen MR) is 95.0 cm³/mol. The van der Waals surface area contributed by atoms with Crippen molar-refractivity contribution in [3.05, 3.63) is 0 Å². The summed E-state index contributed by atoms with van der Waals surface area (Å²) in [5.41, 5.74) is 0. The number of aliphatic hydroxyl groups excluding tert-OH is 8. The molecule has 14 heteroatoms. The lowest BCUT2D eigenvalue weighted by atomic mass is 9.97. The first-order chi connectivity index (χ1) is 14.7. The molecule has 182 valence electrons. The molecule has 3 heterocycles. The van der Waals surface area contributed by atoms with Gasteiger partial charge in [-0.2, -0.15) is 0 Å². The van der Waals surface area contributed by atoms with Crippen molar-refractivity contribution in [1.29, 1.82) is 0 Å². The van der Waals surface area contributed by atoms with Crippen LogP contribution in [0.4, 0.5) is 4.39 Å². The second kappa shape index (κ2) is 10.6. The molecule has 3 aliphatic rings. The van der Waals surface area contributed by atoms with Gasteiger partial charge in [0.25, 0.3) is 0 Å². The van der Waals surface area contributed by atoms with Gasteiger partial charge in [-0.15, -0.1) is 0 Å². The molecule has 0 saturated carbocycles. The number of hydrogen-bond acceptors (Lipinski definition) is 13. The Hall–Kier alpha value is -0.590. The lowest BCUT2D eigenvalue weighted by molar-refractivity contribution is -0.363. The van der Waals surface area contributed by atoms with Crippen LogP contribution in [0.15, 0.2) is 0 Å². The molecule has 0 bridgehead atoms. The number of aliphatic hydroxyl groups is 8. The van der Waals surface area contributed by atoms with Crippen LogP contribution in [0.1, 0.15) is 0 Å². The van der Waals surface area contributed by atoms with Crippen molar-refractivity contribution in [2.45, 2.75) is 79.7 Å². The van der Waals surface area contributed by atoms with Crippen molar-refractivity contribution in [1.82, 2.24) is 5.32 Å². The SMILES string of the molecule is OCC1NCC(O)C1OC1O[C@H](CO)C(O[C@@H]2O[C@H](CF)[C@@H](O)[C@H](O)[C@H]2O)[C@H](O)[C@H]1O. The van der Waals surface area contributed by atoms with Crippen LogP contribution in [-0.4, -0.2) is 147 Å². The minimum absolute atomic E-state index is 0.122. The first-order valence-corrected chi connectivity index (χ1v) is 9.94. The van der Waals surface area contributed by atoms with Gasteiger partial charge in [0.05, 0.1) is 25.4 Å². The maximum Gasteiger partial charge on any atom is 0.187 e. The van der Waals surface area contributed by atoms with Crippen LogP contribution in [0.2, 0.25) is 0 Å². The molecule has 0 aromatic rings. The average Bonchev–Trinajstić information content (AvgIpc) is 3.12. The molecular formula is C17H30FNO12. The van der Waals surface area contributed by atoms with Crippen LogP contribution in [0.5, 0.6) is 0 Å². The van der Waals surface area contributed by atoms with Gasteiger partial charge < -0.3 is 65.1 Å². The smallest absolute Gasteiger partial charge is 0.187 e. The first-order valence-electron chi connectivity index (χ1n) is 9.94. The molecule has 3 saturated heterocycles. The highest BCUT2D eigenvalue weighted by molar-refractivity contribution is 4.96. The Kier molecular flexibility index (Phi) is 8.53. The lowest BCUT2D eigenvalue weighted by Crippen LogP contribution is -2.65. The molecular weight excluding hydrogens is 429 g/mol. The second-order valence-electron chi connectivity index (χ2n) is 7.84. The second-order valence-corrected chi connectivity index (χ2v) is 7.84. The number of nitrogens with one attached hydrogen (secondary N) is 1. The summed E-state index contributed by atoms with van der Waals surface area (Å²) in [7, 11) is 0. The maximum absolute atomic E-state index is 13.1. The summed E-state index contributed by atoms with van der Waals surface area (Å²) in [5, 5.41) is 82.5. The molecule has 3 rings (SSSR count). The van der Waals surface area contributed by atoms with E-state index in [0.717, 1.165) is 0 Å². The fourth-order valence-corrected chi connectivity index (χ4v) is 3.93. The maximum atomic E-state index is 13.1. The van der Waals surface area contributed by atoms with Gasteiger partial charge in [-0.3, -0.25) is 0 Å². The Morgan fingerprint density at radius 2 is 1.32 bits per heavy atom. The van der Waals surface area contributed by atoms with Gasteiger partial charge in [0, 0.05) is 6.54 Å². The Labute approximate surface area is 176 Å². The van der Waals surface area contributed by atoms with E-state index in [1.165, 1.54) is 0 Å². The molecule has 13 atom stereocenters. The van der Waals surface area contributed by atoms with E-state index < -0.39 is 92.9 Å². The largest absolute Gasteiger partial charge is 0.395 e. The van der Waals surface area contributed by atoms with Crippen molar-refractivity contribution < 1.29 is 64.2 Å². The van der Waals surface area contributed by atoms with Gasteiger partial charge in [-0.1, -0.05) is 0 Å². The minimum atomic E-state index is -1.82. The third-order valence-corrected chi connectivity index (χ3v) is 5.79. The molecule has 3 fully saturated rings. The van der Waals surface area contributed by atoms with Gasteiger partial charge in [-0.25, -0.2) is 4.39 Å². The van der Waals surface area contributed by atoms with Crippen LogP contribution in [0.3, 0.4) is 0 Å². The van der Waals surface area contributed by atoms with Crippen LogP contribution in [0.25, 0.3) is 0 Å². The highest BCUT2D eigenvalue weighted by Crippen LogP contribution is 2.30. The van der Waals surface area contributed by atoms with Crippen molar-refractivity contribution in [3.8, 4) is 0 Å². The van der Waals surface area contributed by atoms with Crippen molar-refractivity contribution in [2.75, 3.05) is 26.4 Å². The number of ether oxygens (including phenoxy) is 4. The monoisotopic (exact) mass is 459 g/mol. The van der Waals surface area contributed by atoms with Gasteiger partial charge in [-0.05, 0) is 0 Å². The van der Waals surface area contributed by atoms with Crippen LogP contribution in [-0.2, 0) is 18.9 Å². The van der Waals surface area contributed by atoms with E-state index in [9.17, 15) is 45.2 Å². The number of halogens is 1. The van der Waals surface area contributed by atoms with E-state index in [1.54, 1.807) is 0 Å². The van der Waals surface area contributed by atoms with E-state index in [0.29, 0.717) is 0 Å². The van der Waals surface area contributed by atoms with Crippen molar-refractivity contribution in [2.24, 2.45) is 0 Å². The number of alkyl halides is 1. The zero-order valence-corrected chi connectivity index (χ0v) is 16.4. The molecule has 31 heavy (non-hydrogen) atoms. The Bertz CT molecular complexity index is 573. The van der Waals surface area contributed by atoms with E-state index in [2.05, 4.69) is 5.32 Å². The lowest BCUT2D eigenvalue weighted by Gasteiger charge is -2.46. The van der Waals surface area contributed by atoms with Gasteiger partial charge in [0.15, 0.2) is 12.6 Å². The normalized spacial score (nSPS) is 51.2. The highest BCUT2D eigenvalue weighted by Gasteiger charge is 2.52. The molecule has 13 nitrogen and oxygen atoms in total. The Balaban J connectivity index is 1.69. The molecule has 0 spiro atoms. The first kappa shape index (κ1) is 25.0. The Morgan fingerprint density at radius 3 is 1.90 bits per heavy atom. The molecule has 0 aromatic heterocycles. The molecule has 5 unspecified atom stereocenters. The predicted octanol–water partition coefficient (Wildman–Crippen LogP) is -5.70. The molecule has 3 aliphatic heterocycles. The van der Waals surface area contributed by atoms with Crippen molar-refractivity contribution in [3.63, 3.8) is 0 Å². The molecule has 9 N–H and O–H groups in total. The van der Waals surface area contributed by atoms with E-state index in [-0.39, 0.29) is 13.2 Å². The molecule has 0 aliphatic carbocycles. The van der Waals surface area contributed by atoms with Crippen LogP contribution in [0, 0.1) is 0 Å². The summed E-state index contributed by atoms with van der Waals surface area (Å²) in [6.45, 7) is -2.18. The minimum Gasteiger partial charge on any atom is -0.395 e. The molecule has 0 amide bonds. The molecule has 0 radical (unpaired) electrons. The zero-order valence-electron chi connectivity index (χ0n) is 16.4. The fourth-order valence-electron chi connectivity index (χ4n) is 3.93. The van der Waals surface area contributed by atoms with Crippen LogP contribution < -0.4 is 5.32 Å². The summed E-state index contributed by atoms with van der Waals surface area (Å²) in [6.07, 6.45) is -18.4. The number of β-amino-alcohol motifs (C(OH)–C–C–N with tert-alkyl or cyclic N) is 1. The fraction of sp³-hybridized carbons (Fsp3) is 1.00. The summed E-state index contributed by atoms with van der Waals surface area (Å²) < 4.78 is 34.5. The summed E-state index contributed by atoms with van der Waals surface area (Å²) in [6, 6.07) is -0.652. The van der Waals surface area contributed by atoms with Gasteiger partial charge in [0.2, 0.25) is 0 Å². The third kappa shape index (κ3) is 5.01. The highest BCUT2D eigenvalue weighted by atomic mass is 19.1. The van der Waals surface area contributed by atoms with Crippen LogP contribution >= 0.6 is 0 Å². The summed E-state index contributed by atoms with van der Waals surface area (Å²) in [5.74, 6) is 0. The van der Waals surface area contributed by atoms with Gasteiger partial charge in [0.1, 0.15) is 61.6 Å². The third-order valence-electron chi connectivity index (χ3n) is 5.79. The van der Waals surface area contributed by atoms with Gasteiger partial charge >= 0.3 is 0 Å². The zero-order chi connectivity index (χ0) is 22.9. The van der Waals surface area contributed by atoms with E-state index >= 15 is 0 Å². The summed E-state index contributed by atoms with van der Waals surface area (Å²) >= 11 is 0. The topological polar surface area (TPSA) is 211 Å². The molecule has 0 aromatic carbocycles. The summed E-state index contributed by atoms with van der Waals surface area (Å²) in [4.78, 5) is 0. The standard InChI is InChI=1S/C17H30FNO12/c18-1-7-9(23)10(24)12(26)16(28-7)31-15-8(4-21)29-17(13(27)11(15)25)30-14-5(3-20)19-2-6(14)22/h5-17,19-27H,1-4H2/t5?,6?,7-,8-,9-,10+,11-,12-,13-,14?,15?,16+,17?/m1/s1. The number of hydrogen-bond donors (Lipinski definition) is 9. The number of rotatable bonds is 7. The average molecular weight is 459 g/mol. The Morgan fingerprint density at radius 1 is 0.742 bits per heavy atom. The quantitative estimate of drug-likeness (QED) is 0.174. The van der Waals surface area contributed by atoms with E-state index in [1.807, 2.05) is 0 Å². The van der Waals surface area contributed by atoms with E-state index in [4.69, 9.17) is 18.9 Å².